The highest BCUT2D eigenvalue weighted by Gasteiger charge is 2.29. The van der Waals surface area contributed by atoms with E-state index in [2.05, 4.69) is 9.98 Å². The molecule has 4 aromatic heterocycles. The zero-order chi connectivity index (χ0) is 37.6. The topological polar surface area (TPSA) is 172 Å². The van der Waals surface area contributed by atoms with Gasteiger partial charge >= 0.3 is 11.9 Å². The fraction of sp³-hybridized carbons (Fsp3) is 0.0500. The number of fused-ring (bicyclic) bond motifs is 2. The van der Waals surface area contributed by atoms with Crippen LogP contribution in [0.2, 0.25) is 0 Å². The molecule has 0 fully saturated rings. The lowest BCUT2D eigenvalue weighted by Gasteiger charge is -2.11. The van der Waals surface area contributed by atoms with Crippen molar-refractivity contribution in [1.29, 1.82) is 21.0 Å². The molecule has 0 aliphatic rings. The van der Waals surface area contributed by atoms with Gasteiger partial charge in [-0.3, -0.25) is 0 Å². The van der Waals surface area contributed by atoms with Gasteiger partial charge in [0.2, 0.25) is 11.4 Å². The first-order valence-corrected chi connectivity index (χ1v) is 19.1. The highest BCUT2D eigenvalue weighted by molar-refractivity contribution is 7.29. The fourth-order valence-corrected chi connectivity index (χ4v) is 9.77. The van der Waals surface area contributed by atoms with Gasteiger partial charge in [-0.25, -0.2) is 19.6 Å². The Labute approximate surface area is 323 Å². The third kappa shape index (κ3) is 7.41. The molecule has 258 valence electrons. The number of carbonyl (C=O) groups is 2. The summed E-state index contributed by atoms with van der Waals surface area (Å²) in [5.74, 6) is -1.16. The molecule has 10 nitrogen and oxygen atoms in total. The molecule has 4 heterocycles. The summed E-state index contributed by atoms with van der Waals surface area (Å²) in [6, 6.07) is 36.4. The van der Waals surface area contributed by atoms with Crippen molar-refractivity contribution in [1.82, 2.24) is 0 Å². The van der Waals surface area contributed by atoms with Gasteiger partial charge in [0, 0.05) is 30.3 Å². The maximum absolute atomic E-state index is 14.2. The smallest absolute Gasteiger partial charge is 0.340 e. The molecule has 7 aromatic rings. The predicted octanol–water partition coefficient (Wildman–Crippen LogP) is 10.5. The number of benzene rings is 3. The van der Waals surface area contributed by atoms with E-state index < -0.39 is 11.9 Å². The van der Waals surface area contributed by atoms with Crippen molar-refractivity contribution in [2.75, 3.05) is 0 Å². The standard InChI is InChI=1S/C40H20N6O4S4/c41-17-25(18-42)45-33-13-11-29(51-33)31-15-27-35(39(47)49-21-23-7-3-1-4-8-23)37-28(16-32(53-37)30-12-14-34(52-30)46-26(19-43)20-44)36(38(27)54-31)40(48)50-22-24-9-5-2-6-10-24/h1-16H,21-22H2. The molecule has 0 N–H and O–H groups in total. The third-order valence-electron chi connectivity index (χ3n) is 7.83. The molecule has 0 atom stereocenters. The second-order valence-electron chi connectivity index (χ2n) is 11.2. The van der Waals surface area contributed by atoms with Gasteiger partial charge in [0.15, 0.2) is 0 Å². The summed E-state index contributed by atoms with van der Waals surface area (Å²) in [4.78, 5) is 39.7. The average molecular weight is 777 g/mol. The SMILES string of the molecule is N#CC(C#N)=Nc1ccc(-c2cc3c(C(=O)OCc4ccccc4)c4sc(-c5ccc(N=C(C#N)C#N)s5)cc4c(C(=O)OCc4ccccc4)c3s2)s1. The van der Waals surface area contributed by atoms with Crippen molar-refractivity contribution in [3.8, 4) is 43.8 Å². The molecule has 0 aliphatic carbocycles. The monoisotopic (exact) mass is 776 g/mol. The molecular weight excluding hydrogens is 757 g/mol. The number of hydrogen-bond acceptors (Lipinski definition) is 14. The maximum Gasteiger partial charge on any atom is 0.340 e. The van der Waals surface area contributed by atoms with Gasteiger partial charge in [0.1, 0.15) is 47.5 Å². The normalized spacial score (nSPS) is 10.4. The molecule has 14 heteroatoms. The van der Waals surface area contributed by atoms with Gasteiger partial charge in [-0.1, -0.05) is 60.7 Å². The van der Waals surface area contributed by atoms with Crippen LogP contribution in [-0.2, 0) is 22.7 Å². The summed E-state index contributed by atoms with van der Waals surface area (Å²) >= 11 is 5.13. The summed E-state index contributed by atoms with van der Waals surface area (Å²) in [6.07, 6.45) is 0. The van der Waals surface area contributed by atoms with E-state index in [-0.39, 0.29) is 35.8 Å². The zero-order valence-electron chi connectivity index (χ0n) is 27.6. The molecule has 0 saturated carbocycles. The molecule has 0 spiro atoms. The Kier molecular flexibility index (Phi) is 10.5. The molecule has 0 unspecified atom stereocenters. The first-order valence-electron chi connectivity index (χ1n) is 15.8. The van der Waals surface area contributed by atoms with Crippen LogP contribution in [-0.4, -0.2) is 23.4 Å². The Morgan fingerprint density at radius 3 is 1.28 bits per heavy atom. The number of esters is 2. The van der Waals surface area contributed by atoms with Gasteiger partial charge in [-0.2, -0.15) is 21.0 Å². The molecule has 0 aliphatic heterocycles. The van der Waals surface area contributed by atoms with E-state index >= 15 is 0 Å². The van der Waals surface area contributed by atoms with Gasteiger partial charge < -0.3 is 9.47 Å². The van der Waals surface area contributed by atoms with Crippen LogP contribution in [0.1, 0.15) is 31.8 Å². The lowest BCUT2D eigenvalue weighted by atomic mass is 10.0. The predicted molar refractivity (Wildman–Crippen MR) is 212 cm³/mol. The summed E-state index contributed by atoms with van der Waals surface area (Å²) in [5, 5.41) is 38.8. The van der Waals surface area contributed by atoms with Crippen molar-refractivity contribution in [2.24, 2.45) is 9.98 Å². The Hall–Kier alpha value is -6.78. The van der Waals surface area contributed by atoms with Gasteiger partial charge in [0.25, 0.3) is 0 Å². The van der Waals surface area contributed by atoms with Crippen molar-refractivity contribution < 1.29 is 19.1 Å². The first kappa shape index (κ1) is 35.6. The van der Waals surface area contributed by atoms with Crippen molar-refractivity contribution in [2.45, 2.75) is 13.2 Å². The number of aliphatic imine (C=N–C) groups is 2. The zero-order valence-corrected chi connectivity index (χ0v) is 30.9. The van der Waals surface area contributed by atoms with Crippen molar-refractivity contribution >= 4 is 98.9 Å². The highest BCUT2D eigenvalue weighted by Crippen LogP contribution is 2.49. The van der Waals surface area contributed by atoms with Gasteiger partial charge in [-0.15, -0.1) is 45.3 Å². The molecule has 0 radical (unpaired) electrons. The maximum atomic E-state index is 14.2. The Bertz CT molecular complexity index is 2540. The minimum absolute atomic E-state index is 0.0254. The van der Waals surface area contributed by atoms with Crippen LogP contribution in [0.15, 0.2) is 107 Å². The Morgan fingerprint density at radius 2 is 0.907 bits per heavy atom. The Morgan fingerprint density at radius 1 is 0.519 bits per heavy atom. The van der Waals surface area contributed by atoms with Crippen molar-refractivity contribution in [3.05, 3.63) is 119 Å². The number of rotatable bonds is 10. The quantitative estimate of drug-likeness (QED) is 0.0974. The number of carbonyl (C=O) groups excluding carboxylic acids is 2. The van der Waals surface area contributed by atoms with E-state index in [1.807, 2.05) is 84.9 Å². The summed E-state index contributed by atoms with van der Waals surface area (Å²) in [6.45, 7) is 0.0507. The van der Waals surface area contributed by atoms with E-state index in [1.165, 1.54) is 45.3 Å². The number of thiophene rings is 4. The average Bonchev–Trinajstić information content (AvgIpc) is 4.03. The van der Waals surface area contributed by atoms with Crippen LogP contribution in [0.5, 0.6) is 0 Å². The van der Waals surface area contributed by atoms with Crippen molar-refractivity contribution in [3.63, 3.8) is 0 Å². The van der Waals surface area contributed by atoms with E-state index in [9.17, 15) is 30.6 Å². The van der Waals surface area contributed by atoms with Gasteiger partial charge in [-0.05, 0) is 47.5 Å². The second-order valence-corrected chi connectivity index (χ2v) is 15.5. The van der Waals surface area contributed by atoms with Crippen LogP contribution < -0.4 is 0 Å². The largest absolute Gasteiger partial charge is 0.457 e. The minimum atomic E-state index is -0.580. The summed E-state index contributed by atoms with van der Waals surface area (Å²) < 4.78 is 12.9. The fourth-order valence-electron chi connectivity index (χ4n) is 5.42. The van der Waals surface area contributed by atoms with E-state index in [1.54, 1.807) is 36.4 Å². The van der Waals surface area contributed by atoms with Crippen LogP contribution >= 0.6 is 45.3 Å². The number of hydrogen-bond donors (Lipinski definition) is 0. The molecule has 0 saturated heterocycles. The number of nitriles is 4. The third-order valence-corrected chi connectivity index (χ3v) is 12.5. The Balaban J connectivity index is 1.42. The molecular formula is C40H20N6O4S4. The van der Waals surface area contributed by atoms with Gasteiger partial charge in [0.05, 0.1) is 20.5 Å². The first-order chi connectivity index (χ1) is 26.4. The number of ether oxygens (including phenoxy) is 2. The van der Waals surface area contributed by atoms with Crippen LogP contribution in [0.25, 0.3) is 39.7 Å². The van der Waals surface area contributed by atoms with Crippen LogP contribution in [0.3, 0.4) is 0 Å². The number of nitrogens with zero attached hydrogens (tertiary/aromatic N) is 6. The van der Waals surface area contributed by atoms with E-state index in [0.29, 0.717) is 30.2 Å². The minimum Gasteiger partial charge on any atom is -0.457 e. The summed E-state index contributed by atoms with van der Waals surface area (Å²) in [5.41, 5.74) is 1.63. The summed E-state index contributed by atoms with van der Waals surface area (Å²) in [7, 11) is 0. The molecule has 0 amide bonds. The van der Waals surface area contributed by atoms with E-state index in [0.717, 1.165) is 30.6 Å². The second kappa shape index (κ2) is 15.9. The molecule has 7 rings (SSSR count). The lowest BCUT2D eigenvalue weighted by molar-refractivity contribution is 0.0465. The van der Waals surface area contributed by atoms with Crippen LogP contribution in [0.4, 0.5) is 10.0 Å². The lowest BCUT2D eigenvalue weighted by Crippen LogP contribution is -2.10. The molecule has 0 bridgehead atoms. The van der Waals surface area contributed by atoms with E-state index in [4.69, 9.17) is 9.47 Å². The highest BCUT2D eigenvalue weighted by atomic mass is 32.1. The molecule has 54 heavy (non-hydrogen) atoms. The van der Waals surface area contributed by atoms with Crippen LogP contribution in [0, 0.1) is 45.3 Å². The molecule has 3 aromatic carbocycles.